The Morgan fingerprint density at radius 3 is 2.48 bits per heavy atom. The van der Waals surface area contributed by atoms with Crippen molar-refractivity contribution < 1.29 is 28.3 Å². The van der Waals surface area contributed by atoms with Gasteiger partial charge in [-0.1, -0.05) is 65.8 Å². The van der Waals surface area contributed by atoms with Gasteiger partial charge in [-0.05, 0) is 101 Å². The van der Waals surface area contributed by atoms with Crippen LogP contribution in [0, 0.1) is 5.92 Å². The zero-order valence-corrected chi connectivity index (χ0v) is 34.5. The highest BCUT2D eigenvalue weighted by Crippen LogP contribution is 2.60. The van der Waals surface area contributed by atoms with E-state index in [1.807, 2.05) is 55.6 Å². The monoisotopic (exact) mass is 779 g/mol. The smallest absolute Gasteiger partial charge is 0.264 e. The number of allylic oxidation sites excluding steroid dienone is 3. The number of carbonyl (C=O) groups is 2. The fourth-order valence-corrected chi connectivity index (χ4v) is 10.9. The third-order valence-electron chi connectivity index (χ3n) is 11.2. The molecule has 0 saturated carbocycles. The fourth-order valence-electron chi connectivity index (χ4n) is 8.36. The van der Waals surface area contributed by atoms with E-state index in [0.29, 0.717) is 53.5 Å². The molecule has 0 radical (unpaired) electrons. The number of aliphatic hydroxyl groups is 1. The van der Waals surface area contributed by atoms with E-state index in [2.05, 4.69) is 48.6 Å². The Hall–Kier alpha value is -4.91. The molecule has 6 rings (SSSR count). The molecule has 0 bridgehead atoms. The van der Waals surface area contributed by atoms with Crippen molar-refractivity contribution in [3.05, 3.63) is 125 Å². The Kier molecular flexibility index (Phi) is 12.4. The van der Waals surface area contributed by atoms with E-state index in [4.69, 9.17) is 9.47 Å². The van der Waals surface area contributed by atoms with Gasteiger partial charge < -0.3 is 28.9 Å². The first-order chi connectivity index (χ1) is 26.8. The van der Waals surface area contributed by atoms with Crippen molar-refractivity contribution in [1.82, 2.24) is 15.0 Å². The van der Waals surface area contributed by atoms with Gasteiger partial charge in [0.1, 0.15) is 5.75 Å². The largest absolute Gasteiger partial charge is 0.497 e. The molecule has 1 fully saturated rings. The first-order valence-corrected chi connectivity index (χ1v) is 22.4. The Morgan fingerprint density at radius 2 is 1.82 bits per heavy atom. The minimum Gasteiger partial charge on any atom is -0.497 e. The van der Waals surface area contributed by atoms with Gasteiger partial charge in [0, 0.05) is 47.6 Å². The van der Waals surface area contributed by atoms with Crippen molar-refractivity contribution in [2.45, 2.75) is 89.8 Å². The fraction of sp³-hybridized carbons (Fsp3) is 0.409. The lowest BCUT2D eigenvalue weighted by molar-refractivity contribution is -0.145. The van der Waals surface area contributed by atoms with Crippen LogP contribution >= 0.6 is 0 Å². The van der Waals surface area contributed by atoms with Crippen LogP contribution in [0.25, 0.3) is 0 Å². The van der Waals surface area contributed by atoms with Crippen molar-refractivity contribution in [2.24, 2.45) is 5.92 Å². The molecule has 2 N–H and O–H groups in total. The second kappa shape index (κ2) is 17.1. The highest BCUT2D eigenvalue weighted by Gasteiger charge is 2.66. The topological polar surface area (TPSA) is 119 Å². The van der Waals surface area contributed by atoms with Gasteiger partial charge in [0.25, 0.3) is 11.8 Å². The number of halogens is 1. The van der Waals surface area contributed by atoms with Crippen molar-refractivity contribution in [1.29, 1.82) is 0 Å². The predicted molar refractivity (Wildman–Crippen MR) is 220 cm³/mol. The van der Waals surface area contributed by atoms with Crippen LogP contribution < -0.4 is 15.0 Å². The number of anilines is 2. The molecule has 56 heavy (non-hydrogen) atoms. The molecule has 1 aromatic heterocycles. The molecule has 2 aliphatic heterocycles. The van der Waals surface area contributed by atoms with Gasteiger partial charge in [-0.3, -0.25) is 14.3 Å². The number of carbonyl (C=O) groups excluding carboxylic acids is 2. The molecule has 0 aliphatic carbocycles. The van der Waals surface area contributed by atoms with Gasteiger partial charge in [-0.25, -0.2) is 0 Å². The Bertz CT molecular complexity index is 2070. The first-order valence-electron chi connectivity index (χ1n) is 19.4. The second-order valence-corrected chi connectivity index (χ2v) is 19.6. The molecule has 2 amide bonds. The maximum atomic E-state index is 16.6. The SMILES string of the molecule is COc1ccc(C(=O)Nc2ccc3c(c2)[C@]2(O[C@@H](CCn4cc(C(CO)c5ccccc5)nn4)[C@H]([Si](C)(C)F)[C@H]2C)C(=O)N3C/C=C(\C)CCC=C(C)C)cc1. The van der Waals surface area contributed by atoms with Crippen LogP contribution in [-0.2, 0) is 21.7 Å². The molecule has 10 nitrogen and oxygen atoms in total. The number of ether oxygens (including phenoxy) is 2. The average Bonchev–Trinajstić information content (AvgIpc) is 3.83. The lowest BCUT2D eigenvalue weighted by Gasteiger charge is -2.31. The summed E-state index contributed by atoms with van der Waals surface area (Å²) in [7, 11) is -1.87. The average molecular weight is 780 g/mol. The van der Waals surface area contributed by atoms with Crippen LogP contribution in [0.5, 0.6) is 5.75 Å². The van der Waals surface area contributed by atoms with Crippen LogP contribution in [0.15, 0.2) is 102 Å². The Labute approximate surface area is 330 Å². The van der Waals surface area contributed by atoms with Gasteiger partial charge >= 0.3 is 0 Å². The number of fused-ring (bicyclic) bond motifs is 2. The molecule has 3 heterocycles. The van der Waals surface area contributed by atoms with Crippen molar-refractivity contribution in [3.63, 3.8) is 0 Å². The number of aromatic nitrogens is 3. The van der Waals surface area contributed by atoms with Gasteiger partial charge in [-0.15, -0.1) is 5.10 Å². The maximum Gasteiger partial charge on any atom is 0.264 e. The molecule has 296 valence electrons. The van der Waals surface area contributed by atoms with E-state index in [0.717, 1.165) is 24.0 Å². The third kappa shape index (κ3) is 8.42. The van der Waals surface area contributed by atoms with Crippen LogP contribution in [0.3, 0.4) is 0 Å². The molecular weight excluding hydrogens is 726 g/mol. The normalized spacial score (nSPS) is 21.3. The summed E-state index contributed by atoms with van der Waals surface area (Å²) in [6.45, 7) is 12.1. The molecular formula is C44H54FN5O5Si. The molecule has 2 aliphatic rings. The lowest BCUT2D eigenvalue weighted by Crippen LogP contribution is -2.45. The van der Waals surface area contributed by atoms with E-state index in [1.54, 1.807) is 60.1 Å². The highest BCUT2D eigenvalue weighted by molar-refractivity contribution is 6.72. The number of aliphatic hydroxyl groups excluding tert-OH is 1. The Morgan fingerprint density at radius 1 is 1.09 bits per heavy atom. The summed E-state index contributed by atoms with van der Waals surface area (Å²) >= 11 is 0. The molecule has 4 aromatic rings. The number of methoxy groups -OCH3 is 1. The quantitative estimate of drug-likeness (QED) is 0.0705. The van der Waals surface area contributed by atoms with E-state index >= 15 is 4.11 Å². The predicted octanol–water partition coefficient (Wildman–Crippen LogP) is 8.57. The zero-order chi connectivity index (χ0) is 40.2. The summed E-state index contributed by atoms with van der Waals surface area (Å²) < 4.78 is 30.6. The van der Waals surface area contributed by atoms with Crippen LogP contribution in [0.1, 0.15) is 80.1 Å². The molecule has 5 atom stereocenters. The summed E-state index contributed by atoms with van der Waals surface area (Å²) in [6.07, 6.45) is 7.69. The summed E-state index contributed by atoms with van der Waals surface area (Å²) in [5.41, 5.74) is 4.29. The van der Waals surface area contributed by atoms with Crippen LogP contribution in [0.2, 0.25) is 18.6 Å². The summed E-state index contributed by atoms with van der Waals surface area (Å²) in [6, 6.07) is 22.0. The van der Waals surface area contributed by atoms with Gasteiger partial charge in [0.05, 0.1) is 37.1 Å². The van der Waals surface area contributed by atoms with E-state index in [-0.39, 0.29) is 24.3 Å². The molecule has 1 unspecified atom stereocenters. The lowest BCUT2D eigenvalue weighted by atomic mass is 9.82. The van der Waals surface area contributed by atoms with Gasteiger partial charge in [-0.2, -0.15) is 0 Å². The Balaban J connectivity index is 1.32. The van der Waals surface area contributed by atoms with Crippen LogP contribution in [0.4, 0.5) is 15.5 Å². The minimum atomic E-state index is -3.44. The number of amides is 2. The number of benzene rings is 3. The number of nitrogens with one attached hydrogen (secondary N) is 1. The minimum absolute atomic E-state index is 0.122. The first kappa shape index (κ1) is 40.7. The van der Waals surface area contributed by atoms with E-state index in [1.165, 1.54) is 5.57 Å². The van der Waals surface area contributed by atoms with Crippen molar-refractivity contribution in [2.75, 3.05) is 30.5 Å². The second-order valence-electron chi connectivity index (χ2n) is 15.8. The van der Waals surface area contributed by atoms with E-state index < -0.39 is 31.6 Å². The van der Waals surface area contributed by atoms with Gasteiger partial charge in [0.2, 0.25) is 8.41 Å². The number of hydrogen-bond acceptors (Lipinski definition) is 7. The summed E-state index contributed by atoms with van der Waals surface area (Å²) in [4.78, 5) is 30.1. The van der Waals surface area contributed by atoms with Crippen molar-refractivity contribution in [3.8, 4) is 5.75 Å². The maximum absolute atomic E-state index is 16.6. The zero-order valence-electron chi connectivity index (χ0n) is 33.5. The van der Waals surface area contributed by atoms with Crippen LogP contribution in [-0.4, -0.2) is 66.7 Å². The molecule has 1 spiro atoms. The molecule has 1 saturated heterocycles. The standard InChI is InChI=1S/C44H54FN5O5Si/c1-29(2)12-11-13-30(3)22-25-50-39-21-18-34(46-42(52)33-16-19-35(54-5)20-17-33)26-37(39)44(43(50)53)31(4)41(56(6,7)45)40(55-44)23-24-49-27-38(47-48-49)36(28-51)32-14-9-8-10-15-32/h8-10,12,14-22,26-27,31,36,40-41,51H,11,13,23-25,28H2,1-7H3,(H,46,52)/b30-22+/t31-,36?,40+,41-,44+/m1/s1. The van der Waals surface area contributed by atoms with Crippen molar-refractivity contribution >= 4 is 31.6 Å². The number of hydrogen-bond donors (Lipinski definition) is 2. The number of aryl methyl sites for hydroxylation is 1. The highest BCUT2D eigenvalue weighted by atomic mass is 28.4. The van der Waals surface area contributed by atoms with E-state index in [9.17, 15) is 14.7 Å². The summed E-state index contributed by atoms with van der Waals surface area (Å²) in [5.74, 6) is -0.733. The third-order valence-corrected chi connectivity index (χ3v) is 13.7. The summed E-state index contributed by atoms with van der Waals surface area (Å²) in [5, 5.41) is 21.9. The molecule has 3 aromatic carbocycles. The number of nitrogens with zero attached hydrogens (tertiary/aromatic N) is 4. The number of rotatable bonds is 15. The van der Waals surface area contributed by atoms with Gasteiger partial charge in [0.15, 0.2) is 5.60 Å². The molecule has 12 heteroatoms.